The minimum Gasteiger partial charge on any atom is -0.467 e. The van der Waals surface area contributed by atoms with Crippen molar-refractivity contribution in [3.05, 3.63) is 37.9 Å². The van der Waals surface area contributed by atoms with E-state index in [0.29, 0.717) is 37.8 Å². The maximum atomic E-state index is 11.0. The van der Waals surface area contributed by atoms with Crippen LogP contribution in [0.25, 0.3) is 0 Å². The summed E-state index contributed by atoms with van der Waals surface area (Å²) in [5.41, 5.74) is 2.68. The fraction of sp³-hybridized carbons (Fsp3) is 0.333. The molecule has 1 aliphatic heterocycles. The molecule has 0 bridgehead atoms. The molecule has 0 spiro atoms. The van der Waals surface area contributed by atoms with E-state index in [4.69, 9.17) is 32.7 Å². The highest BCUT2D eigenvalue weighted by atomic mass is 35.5. The van der Waals surface area contributed by atoms with Crippen molar-refractivity contribution in [2.24, 2.45) is 5.10 Å². The molecule has 28 heavy (non-hydrogen) atoms. The lowest BCUT2D eigenvalue weighted by Gasteiger charge is -2.26. The highest BCUT2D eigenvalue weighted by Crippen LogP contribution is 2.30. The number of aromatic nitrogens is 3. The Balaban J connectivity index is 1.80. The first-order valence-corrected chi connectivity index (χ1v) is 8.79. The molecule has 1 aromatic carbocycles. The van der Waals surface area contributed by atoms with Crippen LogP contribution >= 0.6 is 23.2 Å². The largest absolute Gasteiger partial charge is 0.467 e. The van der Waals surface area contributed by atoms with E-state index in [1.807, 2.05) is 4.90 Å². The molecule has 1 saturated heterocycles. The van der Waals surface area contributed by atoms with Crippen molar-refractivity contribution in [3.8, 4) is 6.01 Å². The third-order valence-electron chi connectivity index (χ3n) is 3.71. The molecule has 0 atom stereocenters. The van der Waals surface area contributed by atoms with Gasteiger partial charge in [-0.25, -0.2) is 5.43 Å². The van der Waals surface area contributed by atoms with E-state index >= 15 is 0 Å². The summed E-state index contributed by atoms with van der Waals surface area (Å²) >= 11 is 11.9. The Kier molecular flexibility index (Phi) is 6.39. The molecule has 1 aliphatic rings. The van der Waals surface area contributed by atoms with E-state index in [2.05, 4.69) is 25.5 Å². The third kappa shape index (κ3) is 4.74. The van der Waals surface area contributed by atoms with Crippen LogP contribution in [-0.2, 0) is 4.74 Å². The molecule has 0 unspecified atom stereocenters. The summed E-state index contributed by atoms with van der Waals surface area (Å²) in [6.45, 7) is 2.42. The van der Waals surface area contributed by atoms with Crippen LogP contribution in [0.2, 0.25) is 10.0 Å². The molecule has 0 radical (unpaired) electrons. The lowest BCUT2D eigenvalue weighted by molar-refractivity contribution is -0.384. The molecule has 1 fully saturated rings. The van der Waals surface area contributed by atoms with E-state index < -0.39 is 4.92 Å². The summed E-state index contributed by atoms with van der Waals surface area (Å²) in [4.78, 5) is 24.9. The van der Waals surface area contributed by atoms with Crippen molar-refractivity contribution < 1.29 is 14.4 Å². The van der Waals surface area contributed by atoms with Crippen LogP contribution in [0.3, 0.4) is 0 Å². The number of benzene rings is 1. The Bertz CT molecular complexity index is 906. The van der Waals surface area contributed by atoms with Gasteiger partial charge in [-0.15, -0.1) is 0 Å². The summed E-state index contributed by atoms with van der Waals surface area (Å²) in [5.74, 6) is 0.567. The predicted octanol–water partition coefficient (Wildman–Crippen LogP) is 2.38. The summed E-state index contributed by atoms with van der Waals surface area (Å²) in [5, 5.41) is 15.1. The Morgan fingerprint density at radius 3 is 2.71 bits per heavy atom. The standard InChI is InChI=1S/C15H15Cl2N7O4/c1-27-15-20-13(19-14(21-15)23-2-4-28-5-3-23)22-18-8-9-6-12(24(25)26)11(17)7-10(9)16/h6-8H,2-5H2,1H3,(H,19,20,21,22)/b18-8-. The Morgan fingerprint density at radius 1 is 1.29 bits per heavy atom. The maximum absolute atomic E-state index is 11.0. The van der Waals surface area contributed by atoms with Gasteiger partial charge < -0.3 is 14.4 Å². The smallest absolute Gasteiger partial charge is 0.322 e. The molecule has 2 heterocycles. The van der Waals surface area contributed by atoms with Gasteiger partial charge in [0.1, 0.15) is 5.02 Å². The number of methoxy groups -OCH3 is 1. The number of morpholine rings is 1. The quantitative estimate of drug-likeness (QED) is 0.419. The van der Waals surface area contributed by atoms with Crippen LogP contribution in [0, 0.1) is 10.1 Å². The number of halogens is 2. The van der Waals surface area contributed by atoms with Gasteiger partial charge in [0, 0.05) is 24.7 Å². The molecule has 0 amide bonds. The van der Waals surface area contributed by atoms with Crippen LogP contribution in [-0.4, -0.2) is 59.5 Å². The van der Waals surface area contributed by atoms with Gasteiger partial charge >= 0.3 is 6.01 Å². The molecule has 1 aromatic heterocycles. The average molecular weight is 428 g/mol. The fourth-order valence-corrected chi connectivity index (χ4v) is 2.85. The summed E-state index contributed by atoms with van der Waals surface area (Å²) in [7, 11) is 1.44. The first-order chi connectivity index (χ1) is 13.5. The number of rotatable bonds is 6. The van der Waals surface area contributed by atoms with E-state index in [1.54, 1.807) is 0 Å². The van der Waals surface area contributed by atoms with Gasteiger partial charge in [0.2, 0.25) is 5.95 Å². The van der Waals surface area contributed by atoms with Crippen LogP contribution < -0.4 is 15.1 Å². The summed E-state index contributed by atoms with van der Waals surface area (Å²) in [6.07, 6.45) is 1.30. The topological polar surface area (TPSA) is 128 Å². The van der Waals surface area contributed by atoms with Crippen molar-refractivity contribution >= 4 is 47.0 Å². The molecule has 2 aromatic rings. The average Bonchev–Trinajstić information content (AvgIpc) is 2.69. The molecule has 1 N–H and O–H groups in total. The SMILES string of the molecule is COc1nc(N/N=C\c2cc([N+](=O)[O-])c(Cl)cc2Cl)nc(N2CCOCC2)n1. The minimum atomic E-state index is -0.602. The molecular weight excluding hydrogens is 413 g/mol. The maximum Gasteiger partial charge on any atom is 0.322 e. The molecule has 148 valence electrons. The molecule has 3 rings (SSSR count). The lowest BCUT2D eigenvalue weighted by Crippen LogP contribution is -2.37. The zero-order chi connectivity index (χ0) is 20.1. The number of nitrogens with zero attached hydrogens (tertiary/aromatic N) is 6. The van der Waals surface area contributed by atoms with Crippen molar-refractivity contribution in [1.29, 1.82) is 0 Å². The lowest BCUT2D eigenvalue weighted by atomic mass is 10.2. The number of nitro benzene ring substituents is 1. The summed E-state index contributed by atoms with van der Waals surface area (Å²) in [6, 6.07) is 2.63. The van der Waals surface area contributed by atoms with Crippen molar-refractivity contribution in [3.63, 3.8) is 0 Å². The van der Waals surface area contributed by atoms with Gasteiger partial charge in [-0.1, -0.05) is 23.2 Å². The Hall–Kier alpha value is -2.76. The molecule has 13 heteroatoms. The monoisotopic (exact) mass is 427 g/mol. The van der Waals surface area contributed by atoms with Crippen LogP contribution in [0.1, 0.15) is 5.56 Å². The van der Waals surface area contributed by atoms with Gasteiger partial charge in [0.25, 0.3) is 11.6 Å². The van der Waals surface area contributed by atoms with Crippen LogP contribution in [0.5, 0.6) is 6.01 Å². The number of ether oxygens (including phenoxy) is 2. The first kappa shape index (κ1) is 20.0. The van der Waals surface area contributed by atoms with Gasteiger partial charge in [0.05, 0.1) is 36.5 Å². The highest BCUT2D eigenvalue weighted by molar-refractivity contribution is 6.37. The highest BCUT2D eigenvalue weighted by Gasteiger charge is 2.17. The van der Waals surface area contributed by atoms with Crippen LogP contribution in [0.4, 0.5) is 17.6 Å². The Labute approximate surface area is 169 Å². The van der Waals surface area contributed by atoms with Crippen LogP contribution in [0.15, 0.2) is 17.2 Å². The van der Waals surface area contributed by atoms with E-state index in [-0.39, 0.29) is 27.7 Å². The second kappa shape index (κ2) is 8.95. The Morgan fingerprint density at radius 2 is 2.04 bits per heavy atom. The number of hydrogen-bond acceptors (Lipinski definition) is 10. The second-order valence-corrected chi connectivity index (χ2v) is 6.31. The summed E-state index contributed by atoms with van der Waals surface area (Å²) < 4.78 is 10.4. The van der Waals surface area contributed by atoms with E-state index in [9.17, 15) is 10.1 Å². The van der Waals surface area contributed by atoms with Crippen molar-refractivity contribution in [2.45, 2.75) is 0 Å². The fourth-order valence-electron chi connectivity index (χ4n) is 2.34. The number of nitrogens with one attached hydrogen (secondary N) is 1. The number of hydrazone groups is 1. The third-order valence-corrected chi connectivity index (χ3v) is 4.34. The number of hydrogen-bond donors (Lipinski definition) is 1. The van der Waals surface area contributed by atoms with Gasteiger partial charge in [-0.2, -0.15) is 20.1 Å². The van der Waals surface area contributed by atoms with Gasteiger partial charge in [-0.05, 0) is 6.07 Å². The van der Waals surface area contributed by atoms with E-state index in [1.165, 1.54) is 25.5 Å². The molecular formula is C15H15Cl2N7O4. The second-order valence-electron chi connectivity index (χ2n) is 5.50. The molecule has 11 nitrogen and oxygen atoms in total. The zero-order valence-electron chi connectivity index (χ0n) is 14.6. The number of nitro groups is 1. The minimum absolute atomic E-state index is 0.0579. The molecule has 0 saturated carbocycles. The van der Waals surface area contributed by atoms with Gasteiger partial charge in [0.15, 0.2) is 0 Å². The number of anilines is 2. The molecule has 0 aliphatic carbocycles. The first-order valence-electron chi connectivity index (χ1n) is 8.03. The van der Waals surface area contributed by atoms with Crippen molar-refractivity contribution in [2.75, 3.05) is 43.7 Å². The van der Waals surface area contributed by atoms with Crippen molar-refractivity contribution in [1.82, 2.24) is 15.0 Å². The zero-order valence-corrected chi connectivity index (χ0v) is 16.1. The van der Waals surface area contributed by atoms with E-state index in [0.717, 1.165) is 0 Å². The van der Waals surface area contributed by atoms with Gasteiger partial charge in [-0.3, -0.25) is 10.1 Å². The predicted molar refractivity (Wildman–Crippen MR) is 104 cm³/mol. The normalized spacial score (nSPS) is 14.3.